The number of ether oxygens (including phenoxy) is 1. The van der Waals surface area contributed by atoms with Crippen molar-refractivity contribution in [2.45, 2.75) is 50.9 Å². The van der Waals surface area contributed by atoms with E-state index in [0.29, 0.717) is 0 Å². The summed E-state index contributed by atoms with van der Waals surface area (Å²) in [6.07, 6.45) is 6.66. The number of halogens is 1. The van der Waals surface area contributed by atoms with Crippen molar-refractivity contribution in [3.63, 3.8) is 0 Å². The van der Waals surface area contributed by atoms with Gasteiger partial charge in [-0.2, -0.15) is 0 Å². The van der Waals surface area contributed by atoms with Gasteiger partial charge in [-0.3, -0.25) is 9.79 Å². The van der Waals surface area contributed by atoms with Crippen LogP contribution in [0.2, 0.25) is 0 Å². The van der Waals surface area contributed by atoms with Crippen LogP contribution in [0.3, 0.4) is 0 Å². The van der Waals surface area contributed by atoms with E-state index in [4.69, 9.17) is 9.73 Å². The quantitative estimate of drug-likeness (QED) is 0.289. The number of carbonyl (C=O) groups excluding carboxylic acids is 1. The van der Waals surface area contributed by atoms with E-state index in [1.165, 1.54) is 38.4 Å². The standard InChI is InChI=1S/C22H33N3O2.HI/c1-3-23-21(25-15-11-18(12-16-25)20(26)27-2)24-17-22(13-7-8-14-22)19-9-5-4-6-10-19;/h4-6,9-10,18H,3,7-8,11-17H2,1-2H3,(H,23,24);1H. The molecular weight excluding hydrogens is 465 g/mol. The summed E-state index contributed by atoms with van der Waals surface area (Å²) in [4.78, 5) is 19.2. The lowest BCUT2D eigenvalue weighted by Crippen LogP contribution is -2.47. The molecule has 0 spiro atoms. The van der Waals surface area contributed by atoms with E-state index in [9.17, 15) is 4.79 Å². The second kappa shape index (κ2) is 11.0. The number of nitrogens with one attached hydrogen (secondary N) is 1. The minimum Gasteiger partial charge on any atom is -0.469 e. The lowest BCUT2D eigenvalue weighted by molar-refractivity contribution is -0.146. The van der Waals surface area contributed by atoms with Crippen LogP contribution in [0.1, 0.15) is 51.0 Å². The third-order valence-corrected chi connectivity index (χ3v) is 6.14. The zero-order valence-corrected chi connectivity index (χ0v) is 19.5. The minimum absolute atomic E-state index is 0. The molecular formula is C22H34IN3O2. The molecule has 6 heteroatoms. The highest BCUT2D eigenvalue weighted by Gasteiger charge is 2.36. The van der Waals surface area contributed by atoms with Gasteiger partial charge in [0.05, 0.1) is 19.6 Å². The molecule has 28 heavy (non-hydrogen) atoms. The predicted molar refractivity (Wildman–Crippen MR) is 124 cm³/mol. The number of rotatable bonds is 5. The maximum atomic E-state index is 11.8. The molecule has 0 bridgehead atoms. The topological polar surface area (TPSA) is 53.9 Å². The van der Waals surface area contributed by atoms with Gasteiger partial charge in [-0.05, 0) is 38.2 Å². The third kappa shape index (κ3) is 5.39. The van der Waals surface area contributed by atoms with E-state index in [1.807, 2.05) is 0 Å². The number of carbonyl (C=O) groups is 1. The van der Waals surface area contributed by atoms with Crippen molar-refractivity contribution in [1.29, 1.82) is 0 Å². The van der Waals surface area contributed by atoms with Gasteiger partial charge in [0.25, 0.3) is 0 Å². The molecule has 156 valence electrons. The summed E-state index contributed by atoms with van der Waals surface area (Å²) >= 11 is 0. The minimum atomic E-state index is -0.0782. The number of hydrogen-bond donors (Lipinski definition) is 1. The molecule has 0 atom stereocenters. The fourth-order valence-corrected chi connectivity index (χ4v) is 4.53. The maximum absolute atomic E-state index is 11.8. The first kappa shape index (κ1) is 23.0. The van der Waals surface area contributed by atoms with Gasteiger partial charge in [-0.25, -0.2) is 0 Å². The molecule has 0 radical (unpaired) electrons. The Morgan fingerprint density at radius 2 is 1.86 bits per heavy atom. The van der Waals surface area contributed by atoms with Crippen molar-refractivity contribution in [3.05, 3.63) is 35.9 Å². The van der Waals surface area contributed by atoms with Crippen molar-refractivity contribution in [1.82, 2.24) is 10.2 Å². The Bertz CT molecular complexity index is 636. The number of hydrogen-bond acceptors (Lipinski definition) is 3. The number of esters is 1. The number of benzene rings is 1. The van der Waals surface area contributed by atoms with Crippen LogP contribution in [0.15, 0.2) is 35.3 Å². The monoisotopic (exact) mass is 499 g/mol. The lowest BCUT2D eigenvalue weighted by atomic mass is 9.79. The largest absolute Gasteiger partial charge is 0.469 e. The van der Waals surface area contributed by atoms with Crippen LogP contribution < -0.4 is 5.32 Å². The average molecular weight is 499 g/mol. The molecule has 1 heterocycles. The zero-order valence-electron chi connectivity index (χ0n) is 17.2. The Morgan fingerprint density at radius 1 is 1.21 bits per heavy atom. The van der Waals surface area contributed by atoms with E-state index < -0.39 is 0 Å². The molecule has 2 aliphatic rings. The first-order valence-electron chi connectivity index (χ1n) is 10.3. The zero-order chi connectivity index (χ0) is 19.1. The highest BCUT2D eigenvalue weighted by atomic mass is 127. The average Bonchev–Trinajstić information content (AvgIpc) is 3.21. The van der Waals surface area contributed by atoms with E-state index in [2.05, 4.69) is 47.5 Å². The molecule has 1 aromatic carbocycles. The molecule has 1 aromatic rings. The molecule has 1 aliphatic carbocycles. The van der Waals surface area contributed by atoms with Crippen molar-refractivity contribution in [3.8, 4) is 0 Å². The Balaban J connectivity index is 0.00000280. The molecule has 2 fully saturated rings. The number of likely N-dealkylation sites (tertiary alicyclic amines) is 1. The van der Waals surface area contributed by atoms with E-state index in [-0.39, 0.29) is 41.3 Å². The fraction of sp³-hybridized carbons (Fsp3) is 0.636. The molecule has 3 rings (SSSR count). The number of aliphatic imine (C=N–C) groups is 1. The van der Waals surface area contributed by atoms with Gasteiger partial charge in [0, 0.05) is 25.0 Å². The van der Waals surface area contributed by atoms with Gasteiger partial charge in [-0.15, -0.1) is 24.0 Å². The number of guanidine groups is 1. The number of piperidine rings is 1. The van der Waals surface area contributed by atoms with Crippen LogP contribution in [-0.2, 0) is 14.9 Å². The second-order valence-corrected chi connectivity index (χ2v) is 7.81. The van der Waals surface area contributed by atoms with Crippen LogP contribution >= 0.6 is 24.0 Å². The Kier molecular flexibility index (Phi) is 9.05. The van der Waals surface area contributed by atoms with E-state index in [1.54, 1.807) is 0 Å². The van der Waals surface area contributed by atoms with E-state index in [0.717, 1.165) is 45.0 Å². The summed E-state index contributed by atoms with van der Waals surface area (Å²) in [5, 5.41) is 3.46. The molecule has 1 N–H and O–H groups in total. The normalized spacial score (nSPS) is 19.8. The molecule has 0 aromatic heterocycles. The molecule has 0 amide bonds. The van der Waals surface area contributed by atoms with Gasteiger partial charge in [-0.1, -0.05) is 43.2 Å². The van der Waals surface area contributed by atoms with Gasteiger partial charge >= 0.3 is 5.97 Å². The van der Waals surface area contributed by atoms with Crippen LogP contribution in [-0.4, -0.2) is 50.1 Å². The Labute approximate surface area is 186 Å². The summed E-state index contributed by atoms with van der Waals surface area (Å²) in [5.41, 5.74) is 1.60. The Hall–Kier alpha value is -1.31. The predicted octanol–water partition coefficient (Wildman–Crippen LogP) is 3.97. The molecule has 1 saturated carbocycles. The van der Waals surface area contributed by atoms with Gasteiger partial charge < -0.3 is 15.0 Å². The van der Waals surface area contributed by atoms with Gasteiger partial charge in [0.1, 0.15) is 0 Å². The maximum Gasteiger partial charge on any atom is 0.308 e. The van der Waals surface area contributed by atoms with Crippen molar-refractivity contribution >= 4 is 35.9 Å². The molecule has 5 nitrogen and oxygen atoms in total. The molecule has 1 aliphatic heterocycles. The van der Waals surface area contributed by atoms with Crippen molar-refractivity contribution in [2.75, 3.05) is 33.3 Å². The van der Waals surface area contributed by atoms with Gasteiger partial charge in [0.15, 0.2) is 5.96 Å². The van der Waals surface area contributed by atoms with Crippen LogP contribution in [0, 0.1) is 5.92 Å². The highest BCUT2D eigenvalue weighted by molar-refractivity contribution is 14.0. The van der Waals surface area contributed by atoms with Crippen molar-refractivity contribution < 1.29 is 9.53 Å². The van der Waals surface area contributed by atoms with Crippen molar-refractivity contribution in [2.24, 2.45) is 10.9 Å². The Morgan fingerprint density at radius 3 is 2.43 bits per heavy atom. The first-order valence-corrected chi connectivity index (χ1v) is 10.3. The number of nitrogens with zero attached hydrogens (tertiary/aromatic N) is 2. The SMILES string of the molecule is CCNC(=NCC1(c2ccccc2)CCCC1)N1CCC(C(=O)OC)CC1.I. The third-order valence-electron chi connectivity index (χ3n) is 6.14. The van der Waals surface area contributed by atoms with Crippen LogP contribution in [0.25, 0.3) is 0 Å². The molecule has 1 saturated heterocycles. The van der Waals surface area contributed by atoms with E-state index >= 15 is 0 Å². The fourth-order valence-electron chi connectivity index (χ4n) is 4.53. The summed E-state index contributed by atoms with van der Waals surface area (Å²) in [5.74, 6) is 0.938. The summed E-state index contributed by atoms with van der Waals surface area (Å²) in [6, 6.07) is 10.9. The van der Waals surface area contributed by atoms with Gasteiger partial charge in [0.2, 0.25) is 0 Å². The smallest absolute Gasteiger partial charge is 0.308 e. The summed E-state index contributed by atoms with van der Waals surface area (Å²) in [6.45, 7) is 5.50. The second-order valence-electron chi connectivity index (χ2n) is 7.81. The first-order chi connectivity index (χ1) is 13.2. The summed E-state index contributed by atoms with van der Waals surface area (Å²) < 4.78 is 4.91. The number of methoxy groups -OCH3 is 1. The summed E-state index contributed by atoms with van der Waals surface area (Å²) in [7, 11) is 1.48. The molecule has 0 unspecified atom stereocenters. The van der Waals surface area contributed by atoms with Crippen LogP contribution in [0.4, 0.5) is 0 Å². The van der Waals surface area contributed by atoms with Crippen LogP contribution in [0.5, 0.6) is 0 Å². The lowest BCUT2D eigenvalue weighted by Gasteiger charge is -2.34. The highest BCUT2D eigenvalue weighted by Crippen LogP contribution is 2.41.